The van der Waals surface area contributed by atoms with E-state index >= 15 is 0 Å². The van der Waals surface area contributed by atoms with E-state index in [2.05, 4.69) is 0 Å². The van der Waals surface area contributed by atoms with Crippen LogP contribution in [0.15, 0.2) is 18.2 Å². The lowest BCUT2D eigenvalue weighted by Crippen LogP contribution is -2.57. The molecule has 0 aliphatic rings. The molecule has 2 nitrogen and oxygen atoms in total. The van der Waals surface area contributed by atoms with E-state index in [1.807, 2.05) is 0 Å². The Balaban J connectivity index is 4.08. The lowest BCUT2D eigenvalue weighted by molar-refractivity contribution is -0.327. The Morgan fingerprint density at radius 3 is 1.46 bits per heavy atom. The smallest absolute Gasteiger partial charge is 0.457 e. The second kappa shape index (κ2) is 5.94. The first-order valence-corrected chi connectivity index (χ1v) is 5.94. The second-order valence-electron chi connectivity index (χ2n) is 4.76. The fraction of sp³-hybridized carbons (Fsp3) is 0.417. The Labute approximate surface area is 135 Å². The predicted molar refractivity (Wildman–Crippen MR) is 57.9 cm³/mol. The third-order valence-corrected chi connectivity index (χ3v) is 3.11. The van der Waals surface area contributed by atoms with E-state index in [1.54, 1.807) is 0 Å². The van der Waals surface area contributed by atoms with E-state index in [1.165, 1.54) is 0 Å². The molecule has 0 amide bonds. The summed E-state index contributed by atoms with van der Waals surface area (Å²) in [7, 11) is 0. The van der Waals surface area contributed by atoms with E-state index in [0.29, 0.717) is 0 Å². The van der Waals surface area contributed by atoms with Crippen LogP contribution in [-0.4, -0.2) is 23.2 Å². The Bertz CT molecular complexity index is 700. The molecule has 0 aliphatic carbocycles. The lowest BCUT2D eigenvalue weighted by Gasteiger charge is -2.33. The first-order valence-electron chi connectivity index (χ1n) is 5.94. The van der Waals surface area contributed by atoms with E-state index in [0.717, 1.165) is 0 Å². The Hall–Kier alpha value is -2.15. The number of benzene rings is 1. The van der Waals surface area contributed by atoms with Gasteiger partial charge in [0, 0.05) is 5.56 Å². The molecule has 0 spiro atoms. The molecule has 1 rings (SSSR count). The Kier molecular flexibility index (Phi) is 5.00. The van der Waals surface area contributed by atoms with Gasteiger partial charge in [-0.25, -0.2) is 9.18 Å². The van der Waals surface area contributed by atoms with Gasteiger partial charge in [-0.2, -0.15) is 48.3 Å². The van der Waals surface area contributed by atoms with Gasteiger partial charge in [0.2, 0.25) is 0 Å². The number of carboxylic acids is 1. The van der Waals surface area contributed by atoms with Crippen molar-refractivity contribution in [3.8, 4) is 0 Å². The van der Waals surface area contributed by atoms with Gasteiger partial charge in [0.1, 0.15) is 0 Å². The summed E-state index contributed by atoms with van der Waals surface area (Å²) in [5.74, 6) is -10.7. The molecule has 0 radical (unpaired) electrons. The molecule has 148 valence electrons. The zero-order chi connectivity index (χ0) is 20.9. The Morgan fingerprint density at radius 2 is 1.15 bits per heavy atom. The highest BCUT2D eigenvalue weighted by atomic mass is 19.4. The fourth-order valence-electron chi connectivity index (χ4n) is 1.99. The molecule has 1 atom stereocenters. The summed E-state index contributed by atoms with van der Waals surface area (Å²) in [6, 6.07) is -1.04. The number of alkyl halides is 12. The van der Waals surface area contributed by atoms with E-state index in [-0.39, 0.29) is 12.1 Å². The molecular formula is C12H4F12O2. The van der Waals surface area contributed by atoms with Crippen LogP contribution in [-0.2, 0) is 22.8 Å². The van der Waals surface area contributed by atoms with Gasteiger partial charge in [-0.15, -0.1) is 0 Å². The van der Waals surface area contributed by atoms with Crippen molar-refractivity contribution in [2.45, 2.75) is 30.1 Å². The van der Waals surface area contributed by atoms with E-state index in [4.69, 9.17) is 5.11 Å². The maximum atomic E-state index is 14.3. The standard InChI is InChI=1S/C12H4F12O2/c13-8(7(25)26,11(20,21)12(22,23)24)4-2-1-3-5(9(14,15)16)6(4)10(17,18)19/h1-3H,(H,25,26). The predicted octanol–water partition coefficient (Wildman–Crippen LogP) is 5.17. The third-order valence-electron chi connectivity index (χ3n) is 3.11. The van der Waals surface area contributed by atoms with E-state index in [9.17, 15) is 57.5 Å². The molecule has 1 aromatic carbocycles. The van der Waals surface area contributed by atoms with Crippen molar-refractivity contribution in [2.75, 3.05) is 0 Å². The quantitative estimate of drug-likeness (QED) is 0.701. The largest absolute Gasteiger partial charge is 0.478 e. The molecule has 0 aliphatic heterocycles. The zero-order valence-electron chi connectivity index (χ0n) is 11.6. The number of carboxylic acid groups (broad SMARTS) is 1. The van der Waals surface area contributed by atoms with Crippen LogP contribution in [0.4, 0.5) is 52.7 Å². The molecule has 1 unspecified atom stereocenters. The second-order valence-corrected chi connectivity index (χ2v) is 4.76. The average molecular weight is 408 g/mol. The van der Waals surface area contributed by atoms with Crippen molar-refractivity contribution in [3.63, 3.8) is 0 Å². The van der Waals surface area contributed by atoms with Crippen molar-refractivity contribution >= 4 is 5.97 Å². The molecule has 0 saturated heterocycles. The number of carbonyl (C=O) groups is 1. The summed E-state index contributed by atoms with van der Waals surface area (Å²) in [5.41, 5.74) is -15.4. The topological polar surface area (TPSA) is 37.3 Å². The number of rotatable bonds is 3. The van der Waals surface area contributed by atoms with Crippen molar-refractivity contribution < 1.29 is 62.6 Å². The monoisotopic (exact) mass is 408 g/mol. The molecule has 1 aromatic rings. The van der Waals surface area contributed by atoms with E-state index < -0.39 is 58.8 Å². The van der Waals surface area contributed by atoms with Crippen LogP contribution in [0.2, 0.25) is 0 Å². The van der Waals surface area contributed by atoms with Crippen LogP contribution in [0.25, 0.3) is 0 Å². The van der Waals surface area contributed by atoms with Crippen LogP contribution in [0.5, 0.6) is 0 Å². The maximum absolute atomic E-state index is 14.3. The third kappa shape index (κ3) is 3.28. The summed E-state index contributed by atoms with van der Waals surface area (Å²) in [5, 5.41) is 8.47. The number of aliphatic carboxylic acids is 1. The van der Waals surface area contributed by atoms with Gasteiger partial charge < -0.3 is 5.11 Å². The van der Waals surface area contributed by atoms with Crippen molar-refractivity contribution in [1.29, 1.82) is 0 Å². The first kappa shape index (κ1) is 21.9. The average Bonchev–Trinajstić information content (AvgIpc) is 2.42. The van der Waals surface area contributed by atoms with Crippen LogP contribution in [0, 0.1) is 0 Å². The summed E-state index contributed by atoms with van der Waals surface area (Å²) in [6.45, 7) is 0. The van der Waals surface area contributed by atoms with Crippen molar-refractivity contribution in [3.05, 3.63) is 34.9 Å². The van der Waals surface area contributed by atoms with Gasteiger partial charge in [0.15, 0.2) is 0 Å². The normalized spacial score (nSPS) is 16.3. The van der Waals surface area contributed by atoms with Gasteiger partial charge in [0.05, 0.1) is 11.1 Å². The van der Waals surface area contributed by atoms with Gasteiger partial charge in [0.25, 0.3) is 0 Å². The first-order chi connectivity index (χ1) is 11.3. The van der Waals surface area contributed by atoms with Crippen molar-refractivity contribution in [2.24, 2.45) is 0 Å². The lowest BCUT2D eigenvalue weighted by atomic mass is 9.83. The fourth-order valence-corrected chi connectivity index (χ4v) is 1.99. The van der Waals surface area contributed by atoms with Gasteiger partial charge >= 0.3 is 36.1 Å². The molecule has 26 heavy (non-hydrogen) atoms. The maximum Gasteiger partial charge on any atom is 0.457 e. The van der Waals surface area contributed by atoms with Crippen molar-refractivity contribution in [1.82, 2.24) is 0 Å². The van der Waals surface area contributed by atoms with Gasteiger partial charge in [-0.1, -0.05) is 12.1 Å². The number of hydrogen-bond donors (Lipinski definition) is 1. The molecular weight excluding hydrogens is 404 g/mol. The molecule has 0 fully saturated rings. The molecule has 14 heteroatoms. The SMILES string of the molecule is O=C(O)C(F)(c1cccc(C(F)(F)F)c1C(F)(F)F)C(F)(F)C(F)(F)F. The molecule has 0 aromatic heterocycles. The van der Waals surface area contributed by atoms with Crippen LogP contribution in [0.1, 0.15) is 16.7 Å². The number of hydrogen-bond acceptors (Lipinski definition) is 1. The molecule has 0 bridgehead atoms. The van der Waals surface area contributed by atoms with Crippen LogP contribution in [0.3, 0.4) is 0 Å². The molecule has 0 saturated carbocycles. The minimum absolute atomic E-state index is 0.128. The highest BCUT2D eigenvalue weighted by molar-refractivity contribution is 5.82. The molecule has 1 N–H and O–H groups in total. The minimum Gasteiger partial charge on any atom is -0.478 e. The van der Waals surface area contributed by atoms with Gasteiger partial charge in [-0.3, -0.25) is 0 Å². The van der Waals surface area contributed by atoms with Crippen LogP contribution >= 0.6 is 0 Å². The highest BCUT2D eigenvalue weighted by Gasteiger charge is 2.77. The summed E-state index contributed by atoms with van der Waals surface area (Å²) in [6.07, 6.45) is -19.3. The minimum atomic E-state index is -7.03. The highest BCUT2D eigenvalue weighted by Crippen LogP contribution is 2.54. The summed E-state index contributed by atoms with van der Waals surface area (Å²) < 4.78 is 155. The molecule has 0 heterocycles. The Morgan fingerprint density at radius 1 is 0.731 bits per heavy atom. The zero-order valence-corrected chi connectivity index (χ0v) is 11.6. The van der Waals surface area contributed by atoms with Gasteiger partial charge in [-0.05, 0) is 6.07 Å². The summed E-state index contributed by atoms with van der Waals surface area (Å²) >= 11 is 0. The summed E-state index contributed by atoms with van der Waals surface area (Å²) in [4.78, 5) is 10.8. The number of halogens is 12. The van der Waals surface area contributed by atoms with Crippen LogP contribution < -0.4 is 0 Å².